The van der Waals surface area contributed by atoms with Crippen LogP contribution in [0.25, 0.3) is 11.6 Å². The third-order valence-electron chi connectivity index (χ3n) is 3.94. The zero-order valence-electron chi connectivity index (χ0n) is 12.4. The lowest BCUT2D eigenvalue weighted by Crippen LogP contribution is -2.45. The second-order valence-electron chi connectivity index (χ2n) is 5.55. The molecule has 0 radical (unpaired) electrons. The van der Waals surface area contributed by atoms with Crippen LogP contribution in [0.3, 0.4) is 0 Å². The summed E-state index contributed by atoms with van der Waals surface area (Å²) in [5, 5.41) is 13.1. The van der Waals surface area contributed by atoms with E-state index in [0.717, 1.165) is 25.3 Å². The molecule has 0 N–H and O–H groups in total. The van der Waals surface area contributed by atoms with Gasteiger partial charge in [-0.1, -0.05) is 5.16 Å². The van der Waals surface area contributed by atoms with Gasteiger partial charge in [0.1, 0.15) is 11.8 Å². The van der Waals surface area contributed by atoms with Crippen LogP contribution < -0.4 is 0 Å². The standard InChI is InChI=1S/C14H18N6O/c1-18-4-5-19(2)12(9-18)13-16-14(21-17-13)11-6-10(7-15)8-20(11)3/h6,8,12H,4-5,9H2,1-3H3. The van der Waals surface area contributed by atoms with E-state index < -0.39 is 0 Å². The molecule has 1 unspecified atom stereocenters. The van der Waals surface area contributed by atoms with Crippen LogP contribution in [0, 0.1) is 11.3 Å². The lowest BCUT2D eigenvalue weighted by molar-refractivity contribution is 0.108. The Balaban J connectivity index is 1.89. The third kappa shape index (κ3) is 2.55. The Bertz CT molecular complexity index is 682. The van der Waals surface area contributed by atoms with E-state index in [4.69, 9.17) is 9.78 Å². The lowest BCUT2D eigenvalue weighted by Gasteiger charge is -2.35. The van der Waals surface area contributed by atoms with Crippen molar-refractivity contribution in [1.82, 2.24) is 24.5 Å². The van der Waals surface area contributed by atoms with Gasteiger partial charge in [0, 0.05) is 32.9 Å². The van der Waals surface area contributed by atoms with Crippen molar-refractivity contribution >= 4 is 0 Å². The van der Waals surface area contributed by atoms with E-state index in [1.54, 1.807) is 12.3 Å². The van der Waals surface area contributed by atoms with Crippen LogP contribution in [0.5, 0.6) is 0 Å². The van der Waals surface area contributed by atoms with Gasteiger partial charge >= 0.3 is 0 Å². The summed E-state index contributed by atoms with van der Waals surface area (Å²) in [6.45, 7) is 2.90. The van der Waals surface area contributed by atoms with Gasteiger partial charge in [-0.15, -0.1) is 0 Å². The van der Waals surface area contributed by atoms with Crippen LogP contribution in [-0.2, 0) is 7.05 Å². The quantitative estimate of drug-likeness (QED) is 0.815. The molecular formula is C14H18N6O. The highest BCUT2D eigenvalue weighted by molar-refractivity contribution is 5.52. The van der Waals surface area contributed by atoms with E-state index in [1.807, 2.05) is 11.6 Å². The smallest absolute Gasteiger partial charge is 0.274 e. The topological polar surface area (TPSA) is 74.1 Å². The van der Waals surface area contributed by atoms with E-state index >= 15 is 0 Å². The minimum Gasteiger partial charge on any atom is -0.345 e. The fourth-order valence-electron chi connectivity index (χ4n) is 2.60. The largest absolute Gasteiger partial charge is 0.345 e. The first-order valence-corrected chi connectivity index (χ1v) is 6.87. The van der Waals surface area contributed by atoms with E-state index in [0.29, 0.717) is 17.3 Å². The van der Waals surface area contributed by atoms with Crippen LogP contribution in [0.15, 0.2) is 16.8 Å². The average Bonchev–Trinajstić information content (AvgIpc) is 3.07. The summed E-state index contributed by atoms with van der Waals surface area (Å²) in [5.74, 6) is 1.15. The van der Waals surface area contributed by atoms with E-state index in [1.165, 1.54) is 0 Å². The number of hydrogen-bond acceptors (Lipinski definition) is 6. The molecule has 110 valence electrons. The molecule has 1 fully saturated rings. The number of aryl methyl sites for hydroxylation is 1. The summed E-state index contributed by atoms with van der Waals surface area (Å²) in [6, 6.07) is 4.01. The van der Waals surface area contributed by atoms with Gasteiger partial charge in [-0.05, 0) is 20.2 Å². The normalized spacial score (nSPS) is 20.6. The van der Waals surface area contributed by atoms with Crippen molar-refractivity contribution in [3.63, 3.8) is 0 Å². The van der Waals surface area contributed by atoms with Crippen molar-refractivity contribution in [2.45, 2.75) is 6.04 Å². The van der Waals surface area contributed by atoms with Crippen LogP contribution in [0.4, 0.5) is 0 Å². The molecule has 3 rings (SSSR count). The van der Waals surface area contributed by atoms with Crippen molar-refractivity contribution in [1.29, 1.82) is 5.26 Å². The summed E-state index contributed by atoms with van der Waals surface area (Å²) in [6.07, 6.45) is 1.75. The predicted molar refractivity (Wildman–Crippen MR) is 76.3 cm³/mol. The van der Waals surface area contributed by atoms with Gasteiger partial charge in [-0.2, -0.15) is 10.2 Å². The number of rotatable bonds is 2. The predicted octanol–water partition coefficient (Wildman–Crippen LogP) is 0.865. The SMILES string of the molecule is CN1CCN(C)C(c2noc(-c3cc(C#N)cn3C)n2)C1. The fourth-order valence-corrected chi connectivity index (χ4v) is 2.60. The maximum Gasteiger partial charge on any atom is 0.274 e. The molecule has 0 spiro atoms. The molecule has 3 heterocycles. The van der Waals surface area contributed by atoms with Gasteiger partial charge in [0.25, 0.3) is 5.89 Å². The summed E-state index contributed by atoms with van der Waals surface area (Å²) in [4.78, 5) is 9.02. The van der Waals surface area contributed by atoms with Gasteiger partial charge in [0.15, 0.2) is 5.82 Å². The number of hydrogen-bond donors (Lipinski definition) is 0. The van der Waals surface area contributed by atoms with E-state index in [2.05, 4.69) is 40.1 Å². The Morgan fingerprint density at radius 2 is 2.14 bits per heavy atom. The Hall–Kier alpha value is -2.17. The molecule has 1 aliphatic rings. The molecule has 0 aromatic carbocycles. The summed E-state index contributed by atoms with van der Waals surface area (Å²) >= 11 is 0. The zero-order chi connectivity index (χ0) is 15.0. The van der Waals surface area contributed by atoms with Crippen molar-refractivity contribution in [2.75, 3.05) is 33.7 Å². The van der Waals surface area contributed by atoms with Gasteiger partial charge in [-0.25, -0.2) is 0 Å². The molecule has 0 aliphatic carbocycles. The highest BCUT2D eigenvalue weighted by atomic mass is 16.5. The minimum absolute atomic E-state index is 0.136. The van der Waals surface area contributed by atoms with Gasteiger partial charge < -0.3 is 14.0 Å². The van der Waals surface area contributed by atoms with Crippen molar-refractivity contribution < 1.29 is 4.52 Å². The Kier molecular flexibility index (Phi) is 3.49. The first-order chi connectivity index (χ1) is 10.1. The second-order valence-corrected chi connectivity index (χ2v) is 5.55. The maximum absolute atomic E-state index is 8.95. The van der Waals surface area contributed by atoms with Crippen molar-refractivity contribution in [3.8, 4) is 17.7 Å². The molecule has 21 heavy (non-hydrogen) atoms. The molecule has 1 saturated heterocycles. The monoisotopic (exact) mass is 286 g/mol. The zero-order valence-corrected chi connectivity index (χ0v) is 12.4. The Morgan fingerprint density at radius 1 is 1.33 bits per heavy atom. The number of likely N-dealkylation sites (N-methyl/N-ethyl adjacent to an activating group) is 2. The van der Waals surface area contributed by atoms with Gasteiger partial charge in [0.2, 0.25) is 0 Å². The lowest BCUT2D eigenvalue weighted by atomic mass is 10.2. The van der Waals surface area contributed by atoms with Gasteiger partial charge in [-0.3, -0.25) is 4.90 Å². The molecule has 0 bridgehead atoms. The molecule has 1 aliphatic heterocycles. The number of piperazine rings is 1. The summed E-state index contributed by atoms with van der Waals surface area (Å²) < 4.78 is 7.22. The highest BCUT2D eigenvalue weighted by Gasteiger charge is 2.28. The summed E-state index contributed by atoms with van der Waals surface area (Å²) in [5.41, 5.74) is 1.35. The molecular weight excluding hydrogens is 268 g/mol. The van der Waals surface area contributed by atoms with Gasteiger partial charge in [0.05, 0.1) is 11.6 Å². The maximum atomic E-state index is 8.95. The molecule has 2 aromatic rings. The molecule has 7 heteroatoms. The van der Waals surface area contributed by atoms with Crippen LogP contribution in [-0.4, -0.2) is 58.2 Å². The molecule has 2 aromatic heterocycles. The van der Waals surface area contributed by atoms with E-state index in [9.17, 15) is 0 Å². The van der Waals surface area contributed by atoms with Crippen LogP contribution >= 0.6 is 0 Å². The molecule has 0 amide bonds. The highest BCUT2D eigenvalue weighted by Crippen LogP contribution is 2.25. The van der Waals surface area contributed by atoms with Crippen molar-refractivity contribution in [3.05, 3.63) is 23.7 Å². The molecule has 0 saturated carbocycles. The number of aromatic nitrogens is 3. The van der Waals surface area contributed by atoms with Crippen LogP contribution in [0.1, 0.15) is 17.4 Å². The third-order valence-corrected chi connectivity index (χ3v) is 3.94. The molecule has 1 atom stereocenters. The Morgan fingerprint density at radius 3 is 2.86 bits per heavy atom. The minimum atomic E-state index is 0.136. The fraction of sp³-hybridized carbons (Fsp3) is 0.500. The summed E-state index contributed by atoms with van der Waals surface area (Å²) in [7, 11) is 6.03. The average molecular weight is 286 g/mol. The number of nitriles is 1. The van der Waals surface area contributed by atoms with Crippen molar-refractivity contribution in [2.24, 2.45) is 7.05 Å². The van der Waals surface area contributed by atoms with Crippen LogP contribution in [0.2, 0.25) is 0 Å². The van der Waals surface area contributed by atoms with E-state index in [-0.39, 0.29) is 6.04 Å². The number of nitrogens with zero attached hydrogens (tertiary/aromatic N) is 6. The second kappa shape index (κ2) is 5.31. The molecule has 7 nitrogen and oxygen atoms in total. The first kappa shape index (κ1) is 13.8. The first-order valence-electron chi connectivity index (χ1n) is 6.87. The Labute approximate surface area is 123 Å².